The number of rotatable bonds is 5. The average Bonchev–Trinajstić information content (AvgIpc) is 3.25. The van der Waals surface area contributed by atoms with Gasteiger partial charge in [0.15, 0.2) is 0 Å². The lowest BCUT2D eigenvalue weighted by Crippen LogP contribution is -2.53. The molecule has 2 N–H and O–H groups in total. The molecule has 1 radical (unpaired) electrons. The van der Waals surface area contributed by atoms with Crippen LogP contribution in [0.2, 0.25) is 0 Å². The summed E-state index contributed by atoms with van der Waals surface area (Å²) in [5.74, 6) is -0.445. The van der Waals surface area contributed by atoms with Crippen molar-refractivity contribution in [1.82, 2.24) is 9.80 Å². The molecule has 1 aromatic carbocycles. The zero-order valence-corrected chi connectivity index (χ0v) is 16.1. The highest BCUT2D eigenvalue weighted by Gasteiger charge is 2.57. The molecule has 7 nitrogen and oxygen atoms in total. The maximum atomic E-state index is 12.9. The number of nitrogens with two attached hydrogens (primary N) is 1. The molecule has 1 atom stereocenters. The van der Waals surface area contributed by atoms with Gasteiger partial charge in [0.2, 0.25) is 5.91 Å². The number of fused-ring (bicyclic) bond motifs is 1. The molecule has 0 spiro atoms. The van der Waals surface area contributed by atoms with Gasteiger partial charge < -0.3 is 15.4 Å². The van der Waals surface area contributed by atoms with Crippen molar-refractivity contribution in [1.29, 1.82) is 0 Å². The van der Waals surface area contributed by atoms with Gasteiger partial charge in [-0.05, 0) is 37.0 Å². The van der Waals surface area contributed by atoms with Crippen LogP contribution in [0.1, 0.15) is 24.8 Å². The first-order valence-electron chi connectivity index (χ1n) is 10.2. The Morgan fingerprint density at radius 1 is 1.11 bits per heavy atom. The van der Waals surface area contributed by atoms with E-state index in [0.29, 0.717) is 19.5 Å². The first kappa shape index (κ1) is 17.9. The van der Waals surface area contributed by atoms with Crippen LogP contribution in [0.15, 0.2) is 24.3 Å². The Balaban J connectivity index is 1.33. The van der Waals surface area contributed by atoms with E-state index >= 15 is 0 Å². The van der Waals surface area contributed by atoms with E-state index in [-0.39, 0.29) is 11.4 Å². The number of hydrogen-bond acceptors (Lipinski definition) is 4. The maximum Gasteiger partial charge on any atom is 0.325 e. The van der Waals surface area contributed by atoms with E-state index in [9.17, 15) is 9.59 Å². The molecule has 4 aliphatic rings. The minimum atomic E-state index is -0.955. The van der Waals surface area contributed by atoms with Gasteiger partial charge in [0, 0.05) is 43.7 Å². The molecular weight excluding hydrogens is 356 g/mol. The van der Waals surface area contributed by atoms with Gasteiger partial charge in [0.25, 0.3) is 0 Å². The third-order valence-electron chi connectivity index (χ3n) is 6.88. The summed E-state index contributed by atoms with van der Waals surface area (Å²) < 4.78 is 5.46. The molecule has 0 bridgehead atoms. The molecule has 5 rings (SSSR count). The second-order valence-electron chi connectivity index (χ2n) is 8.52. The van der Waals surface area contributed by atoms with Crippen LogP contribution >= 0.6 is 0 Å². The number of ether oxygens (including phenoxy) is 1. The normalized spacial score (nSPS) is 29.2. The van der Waals surface area contributed by atoms with Gasteiger partial charge >= 0.3 is 6.03 Å². The number of morpholine rings is 1. The Hall–Kier alpha value is -2.12. The molecule has 28 heavy (non-hydrogen) atoms. The fourth-order valence-electron chi connectivity index (χ4n) is 5.00. The second-order valence-corrected chi connectivity index (χ2v) is 8.52. The van der Waals surface area contributed by atoms with Crippen molar-refractivity contribution in [3.8, 4) is 0 Å². The minimum Gasteiger partial charge on any atom is -0.379 e. The molecule has 0 unspecified atom stereocenters. The number of hydrogen-bond donors (Lipinski definition) is 1. The molecule has 4 fully saturated rings. The van der Waals surface area contributed by atoms with Gasteiger partial charge in [0.1, 0.15) is 5.54 Å². The first-order chi connectivity index (χ1) is 13.5. The van der Waals surface area contributed by atoms with Crippen LogP contribution < -0.4 is 10.6 Å². The number of nitrogens with zero attached hydrogens (tertiary/aromatic N) is 3. The van der Waals surface area contributed by atoms with Crippen molar-refractivity contribution in [3.63, 3.8) is 0 Å². The molecule has 1 aliphatic carbocycles. The van der Waals surface area contributed by atoms with Crippen molar-refractivity contribution >= 4 is 17.6 Å². The highest BCUT2D eigenvalue weighted by atomic mass is 16.5. The zero-order chi connectivity index (χ0) is 19.4. The van der Waals surface area contributed by atoms with Crippen molar-refractivity contribution in [3.05, 3.63) is 36.2 Å². The van der Waals surface area contributed by atoms with Gasteiger partial charge in [-0.1, -0.05) is 12.1 Å². The first-order valence-corrected chi connectivity index (χ1v) is 10.2. The SMILES string of the molecule is NC(=O)[C@]12[CH]CCN1C(=O)N(c1ccc(C3(CN4CCOCC4)CC3)cc1)C2. The lowest BCUT2D eigenvalue weighted by molar-refractivity contribution is -0.124. The Labute approximate surface area is 165 Å². The van der Waals surface area contributed by atoms with E-state index in [2.05, 4.69) is 17.0 Å². The third kappa shape index (κ3) is 2.71. The Bertz CT molecular complexity index is 785. The molecule has 3 amide bonds. The number of amides is 3. The monoisotopic (exact) mass is 383 g/mol. The summed E-state index contributed by atoms with van der Waals surface area (Å²) >= 11 is 0. The summed E-state index contributed by atoms with van der Waals surface area (Å²) in [5, 5.41) is 0. The van der Waals surface area contributed by atoms with E-state index in [1.54, 1.807) is 9.80 Å². The van der Waals surface area contributed by atoms with Crippen LogP contribution in [0.4, 0.5) is 10.5 Å². The van der Waals surface area contributed by atoms with E-state index in [1.807, 2.05) is 18.6 Å². The summed E-state index contributed by atoms with van der Waals surface area (Å²) in [6.07, 6.45) is 5.02. The summed E-state index contributed by atoms with van der Waals surface area (Å²) in [7, 11) is 0. The largest absolute Gasteiger partial charge is 0.379 e. The highest BCUT2D eigenvalue weighted by molar-refractivity contribution is 6.04. The van der Waals surface area contributed by atoms with Gasteiger partial charge in [0.05, 0.1) is 19.8 Å². The van der Waals surface area contributed by atoms with E-state index < -0.39 is 11.4 Å². The number of primary amides is 1. The molecule has 1 aromatic rings. The number of carbonyl (C=O) groups is 2. The Morgan fingerprint density at radius 2 is 1.82 bits per heavy atom. The van der Waals surface area contributed by atoms with E-state index in [1.165, 1.54) is 18.4 Å². The van der Waals surface area contributed by atoms with Crippen molar-refractivity contribution < 1.29 is 14.3 Å². The molecule has 7 heteroatoms. The van der Waals surface area contributed by atoms with Gasteiger partial charge in [-0.15, -0.1) is 0 Å². The quantitative estimate of drug-likeness (QED) is 0.827. The number of anilines is 1. The van der Waals surface area contributed by atoms with Gasteiger partial charge in [-0.25, -0.2) is 4.79 Å². The number of carbonyl (C=O) groups excluding carboxylic acids is 2. The molecule has 0 aromatic heterocycles. The fourth-order valence-corrected chi connectivity index (χ4v) is 5.00. The Morgan fingerprint density at radius 3 is 2.43 bits per heavy atom. The predicted octanol–water partition coefficient (Wildman–Crippen LogP) is 1.12. The summed E-state index contributed by atoms with van der Waals surface area (Å²) in [4.78, 5) is 30.7. The third-order valence-corrected chi connectivity index (χ3v) is 6.88. The Kier molecular flexibility index (Phi) is 4.14. The number of urea groups is 1. The average molecular weight is 383 g/mol. The van der Waals surface area contributed by atoms with E-state index in [4.69, 9.17) is 10.5 Å². The van der Waals surface area contributed by atoms with Gasteiger partial charge in [-0.3, -0.25) is 14.6 Å². The maximum absolute atomic E-state index is 12.9. The molecular formula is C21H27N4O3. The summed E-state index contributed by atoms with van der Waals surface area (Å²) in [6.45, 7) is 5.58. The van der Waals surface area contributed by atoms with Crippen LogP contribution in [-0.4, -0.2) is 73.2 Å². The molecule has 1 saturated carbocycles. The highest BCUT2D eigenvalue weighted by Crippen LogP contribution is 2.49. The molecule has 3 heterocycles. The molecule has 3 saturated heterocycles. The predicted molar refractivity (Wildman–Crippen MR) is 105 cm³/mol. The zero-order valence-electron chi connectivity index (χ0n) is 16.1. The van der Waals surface area contributed by atoms with Crippen LogP contribution in [0.25, 0.3) is 0 Å². The van der Waals surface area contributed by atoms with E-state index in [0.717, 1.165) is 38.5 Å². The second kappa shape index (κ2) is 6.46. The van der Waals surface area contributed by atoms with Crippen molar-refractivity contribution in [2.24, 2.45) is 5.73 Å². The topological polar surface area (TPSA) is 79.1 Å². The van der Waals surface area contributed by atoms with Crippen molar-refractivity contribution in [2.45, 2.75) is 30.2 Å². The van der Waals surface area contributed by atoms with Crippen molar-refractivity contribution in [2.75, 3.05) is 50.8 Å². The minimum absolute atomic E-state index is 0.130. The van der Waals surface area contributed by atoms with Crippen LogP contribution in [0, 0.1) is 6.42 Å². The molecule has 3 aliphatic heterocycles. The fraction of sp³-hybridized carbons (Fsp3) is 0.571. The lowest BCUT2D eigenvalue weighted by Gasteiger charge is -2.31. The standard InChI is InChI=1S/C21H27N4O3/c22-18(26)21-6-1-9-25(21)19(27)24(15-21)17-4-2-16(3-5-17)20(7-8-20)14-23-10-12-28-13-11-23/h2-6H,1,7-15H2,(H2,22,26)/t21-/m1/s1. The van der Waals surface area contributed by atoms with Gasteiger partial charge in [-0.2, -0.15) is 0 Å². The lowest BCUT2D eigenvalue weighted by atomic mass is 9.94. The molecule has 149 valence electrons. The van der Waals surface area contributed by atoms with Crippen LogP contribution in [0.5, 0.6) is 0 Å². The number of benzene rings is 1. The summed E-state index contributed by atoms with van der Waals surface area (Å²) in [6, 6.07) is 8.21. The smallest absolute Gasteiger partial charge is 0.325 e. The van der Waals surface area contributed by atoms with Crippen LogP contribution in [0.3, 0.4) is 0 Å². The summed E-state index contributed by atoms with van der Waals surface area (Å²) in [5.41, 5.74) is 7.11. The van der Waals surface area contributed by atoms with Crippen LogP contribution in [-0.2, 0) is 14.9 Å².